The molecule has 0 atom stereocenters. The Labute approximate surface area is 123 Å². The first kappa shape index (κ1) is 14.9. The maximum atomic E-state index is 13.3. The molecule has 1 aliphatic rings. The number of nitrogens with zero attached hydrogens (tertiary/aromatic N) is 1. The highest BCUT2D eigenvalue weighted by Crippen LogP contribution is 2.25. The molecule has 1 aromatic carbocycles. The summed E-state index contributed by atoms with van der Waals surface area (Å²) in [7, 11) is 0. The molecule has 2 rings (SSSR count). The van der Waals surface area contributed by atoms with Gasteiger partial charge < -0.3 is 10.6 Å². The zero-order chi connectivity index (χ0) is 14.7. The summed E-state index contributed by atoms with van der Waals surface area (Å²) < 4.78 is 13.3. The highest BCUT2D eigenvalue weighted by atomic mass is 32.1. The normalized spacial score (nSPS) is 15.3. The van der Waals surface area contributed by atoms with Crippen LogP contribution in [0.4, 0.5) is 4.39 Å². The molecule has 0 saturated heterocycles. The molecule has 108 valence electrons. The Bertz CT molecular complexity index is 527. The maximum Gasteiger partial charge on any atom is 0.254 e. The highest BCUT2D eigenvalue weighted by Gasteiger charge is 2.28. The van der Waals surface area contributed by atoms with Crippen molar-refractivity contribution in [3.63, 3.8) is 0 Å². The Morgan fingerprint density at radius 3 is 2.65 bits per heavy atom. The fraction of sp³-hybridized carbons (Fsp3) is 0.467. The number of aryl methyl sites for hydroxylation is 1. The number of nitrogens with two attached hydrogens (primary N) is 1. The van der Waals surface area contributed by atoms with Gasteiger partial charge in [-0.3, -0.25) is 4.79 Å². The van der Waals surface area contributed by atoms with E-state index in [2.05, 4.69) is 0 Å². The SMILES string of the molecule is Cc1cc(C(=O)N(CC(N)=S)C2CCCC2)ccc1F. The fourth-order valence-electron chi connectivity index (χ4n) is 2.69. The molecule has 0 heterocycles. The lowest BCUT2D eigenvalue weighted by Gasteiger charge is -2.28. The van der Waals surface area contributed by atoms with Gasteiger partial charge in [-0.15, -0.1) is 0 Å². The molecule has 1 fully saturated rings. The van der Waals surface area contributed by atoms with E-state index in [0.29, 0.717) is 16.1 Å². The van der Waals surface area contributed by atoms with Crippen molar-refractivity contribution in [2.45, 2.75) is 38.6 Å². The molecule has 0 spiro atoms. The topological polar surface area (TPSA) is 46.3 Å². The summed E-state index contributed by atoms with van der Waals surface area (Å²) in [6.45, 7) is 1.94. The van der Waals surface area contributed by atoms with Crippen molar-refractivity contribution in [3.8, 4) is 0 Å². The van der Waals surface area contributed by atoms with E-state index in [1.165, 1.54) is 12.1 Å². The smallest absolute Gasteiger partial charge is 0.254 e. The molecule has 3 nitrogen and oxygen atoms in total. The van der Waals surface area contributed by atoms with Crippen LogP contribution in [0.2, 0.25) is 0 Å². The number of thiocarbonyl (C=S) groups is 1. The molecule has 1 aromatic rings. The first-order chi connectivity index (χ1) is 9.49. The van der Waals surface area contributed by atoms with Crippen LogP contribution in [0.5, 0.6) is 0 Å². The van der Waals surface area contributed by atoms with E-state index in [0.717, 1.165) is 25.7 Å². The Balaban J connectivity index is 2.24. The van der Waals surface area contributed by atoms with Crippen LogP contribution in [0, 0.1) is 12.7 Å². The third kappa shape index (κ3) is 3.33. The van der Waals surface area contributed by atoms with E-state index < -0.39 is 0 Å². The summed E-state index contributed by atoms with van der Waals surface area (Å²) in [6, 6.07) is 4.62. The second-order valence-corrected chi connectivity index (χ2v) is 5.83. The third-order valence-corrected chi connectivity index (χ3v) is 3.89. The maximum absolute atomic E-state index is 13.3. The molecule has 0 radical (unpaired) electrons. The van der Waals surface area contributed by atoms with Gasteiger partial charge in [0.1, 0.15) is 5.82 Å². The average molecular weight is 294 g/mol. The van der Waals surface area contributed by atoms with Gasteiger partial charge in [0.05, 0.1) is 11.5 Å². The van der Waals surface area contributed by atoms with Crippen molar-refractivity contribution in [1.82, 2.24) is 4.90 Å². The molecule has 0 unspecified atom stereocenters. The first-order valence-corrected chi connectivity index (χ1v) is 7.25. The Kier molecular flexibility index (Phi) is 4.70. The standard InChI is InChI=1S/C15H19FN2OS/c1-10-8-11(6-7-13(10)16)15(19)18(9-14(17)20)12-4-2-3-5-12/h6-8,12H,2-5,9H2,1H3,(H2,17,20). The van der Waals surface area contributed by atoms with Gasteiger partial charge in [-0.1, -0.05) is 25.1 Å². The van der Waals surface area contributed by atoms with Crippen LogP contribution in [0.1, 0.15) is 41.6 Å². The van der Waals surface area contributed by atoms with E-state index in [-0.39, 0.29) is 24.3 Å². The van der Waals surface area contributed by atoms with Gasteiger partial charge in [0.15, 0.2) is 0 Å². The van der Waals surface area contributed by atoms with Crippen molar-refractivity contribution in [3.05, 3.63) is 35.1 Å². The predicted molar refractivity (Wildman–Crippen MR) is 81.2 cm³/mol. The molecular weight excluding hydrogens is 275 g/mol. The molecule has 5 heteroatoms. The molecule has 1 amide bonds. The number of amides is 1. The average Bonchev–Trinajstić information content (AvgIpc) is 2.92. The zero-order valence-electron chi connectivity index (χ0n) is 11.6. The van der Waals surface area contributed by atoms with Crippen LogP contribution >= 0.6 is 12.2 Å². The fourth-order valence-corrected chi connectivity index (χ4v) is 2.83. The van der Waals surface area contributed by atoms with Crippen molar-refractivity contribution >= 4 is 23.1 Å². The number of halogens is 1. The minimum Gasteiger partial charge on any atom is -0.392 e. The summed E-state index contributed by atoms with van der Waals surface area (Å²) in [5.74, 6) is -0.420. The molecule has 0 bridgehead atoms. The lowest BCUT2D eigenvalue weighted by Crippen LogP contribution is -2.43. The summed E-state index contributed by atoms with van der Waals surface area (Å²) in [4.78, 5) is 14.7. The Morgan fingerprint density at radius 2 is 2.10 bits per heavy atom. The van der Waals surface area contributed by atoms with E-state index in [1.807, 2.05) is 0 Å². The summed E-state index contributed by atoms with van der Waals surface area (Å²) in [5.41, 5.74) is 6.57. The Hall–Kier alpha value is -1.49. The van der Waals surface area contributed by atoms with Crippen LogP contribution in [0.25, 0.3) is 0 Å². The van der Waals surface area contributed by atoms with E-state index >= 15 is 0 Å². The molecule has 0 aromatic heterocycles. The zero-order valence-corrected chi connectivity index (χ0v) is 12.4. The minimum absolute atomic E-state index is 0.118. The largest absolute Gasteiger partial charge is 0.392 e. The summed E-state index contributed by atoms with van der Waals surface area (Å²) in [6.07, 6.45) is 4.20. The number of benzene rings is 1. The number of hydrogen-bond acceptors (Lipinski definition) is 2. The van der Waals surface area contributed by atoms with Gasteiger partial charge >= 0.3 is 0 Å². The van der Waals surface area contributed by atoms with E-state index in [1.54, 1.807) is 17.9 Å². The van der Waals surface area contributed by atoms with Gasteiger partial charge in [0, 0.05) is 11.6 Å². The van der Waals surface area contributed by atoms with Crippen LogP contribution in [-0.2, 0) is 0 Å². The number of carbonyl (C=O) groups excluding carboxylic acids is 1. The lowest BCUT2D eigenvalue weighted by atomic mass is 10.1. The first-order valence-electron chi connectivity index (χ1n) is 6.84. The molecule has 2 N–H and O–H groups in total. The van der Waals surface area contributed by atoms with Crippen LogP contribution in [0.3, 0.4) is 0 Å². The van der Waals surface area contributed by atoms with Crippen molar-refractivity contribution in [1.29, 1.82) is 0 Å². The van der Waals surface area contributed by atoms with E-state index in [4.69, 9.17) is 18.0 Å². The van der Waals surface area contributed by atoms with Crippen molar-refractivity contribution in [2.75, 3.05) is 6.54 Å². The van der Waals surface area contributed by atoms with Gasteiger partial charge in [0.2, 0.25) is 0 Å². The summed E-state index contributed by atoms with van der Waals surface area (Å²) >= 11 is 4.95. The second-order valence-electron chi connectivity index (χ2n) is 5.30. The molecule has 0 aliphatic heterocycles. The third-order valence-electron chi connectivity index (χ3n) is 3.76. The van der Waals surface area contributed by atoms with Crippen LogP contribution in [-0.4, -0.2) is 28.4 Å². The van der Waals surface area contributed by atoms with Gasteiger partial charge in [-0.05, 0) is 43.5 Å². The van der Waals surface area contributed by atoms with Crippen molar-refractivity contribution in [2.24, 2.45) is 5.73 Å². The minimum atomic E-state index is -0.302. The quantitative estimate of drug-likeness (QED) is 0.869. The molecular formula is C15H19FN2OS. The second kappa shape index (κ2) is 6.31. The van der Waals surface area contributed by atoms with Gasteiger partial charge in [-0.25, -0.2) is 4.39 Å². The van der Waals surface area contributed by atoms with Gasteiger partial charge in [0.25, 0.3) is 5.91 Å². The number of rotatable bonds is 4. The predicted octanol–water partition coefficient (Wildman–Crippen LogP) is 2.81. The van der Waals surface area contributed by atoms with Crippen LogP contribution in [0.15, 0.2) is 18.2 Å². The van der Waals surface area contributed by atoms with Crippen LogP contribution < -0.4 is 5.73 Å². The number of carbonyl (C=O) groups is 1. The molecule has 1 aliphatic carbocycles. The molecule has 1 saturated carbocycles. The number of hydrogen-bond donors (Lipinski definition) is 1. The lowest BCUT2D eigenvalue weighted by molar-refractivity contribution is 0.0714. The van der Waals surface area contributed by atoms with Gasteiger partial charge in [-0.2, -0.15) is 0 Å². The summed E-state index contributed by atoms with van der Waals surface area (Å²) in [5, 5.41) is 0. The van der Waals surface area contributed by atoms with E-state index in [9.17, 15) is 9.18 Å². The van der Waals surface area contributed by atoms with Crippen molar-refractivity contribution < 1.29 is 9.18 Å². The highest BCUT2D eigenvalue weighted by molar-refractivity contribution is 7.80. The molecule has 20 heavy (non-hydrogen) atoms. The Morgan fingerprint density at radius 1 is 1.45 bits per heavy atom. The monoisotopic (exact) mass is 294 g/mol.